The molecule has 1 aromatic carbocycles. The lowest BCUT2D eigenvalue weighted by Crippen LogP contribution is -2.11. The highest BCUT2D eigenvalue weighted by molar-refractivity contribution is 5.91. The van der Waals surface area contributed by atoms with Gasteiger partial charge in [-0.05, 0) is 49.2 Å². The number of unbranched alkanes of at least 4 members (excludes halogenated alkanes) is 2. The van der Waals surface area contributed by atoms with E-state index in [0.717, 1.165) is 36.1 Å². The molecular weight excluding hydrogens is 294 g/mol. The number of amides is 1. The molecular formula is C18H21NO4. The molecule has 1 aromatic heterocycles. The Hall–Kier alpha value is -2.56. The minimum atomic E-state index is -1.09. The van der Waals surface area contributed by atoms with E-state index in [1.807, 2.05) is 19.1 Å². The van der Waals surface area contributed by atoms with Crippen LogP contribution in [-0.4, -0.2) is 17.0 Å². The Bertz CT molecular complexity index is 703. The van der Waals surface area contributed by atoms with E-state index in [2.05, 4.69) is 12.2 Å². The largest absolute Gasteiger partial charge is 0.475 e. The van der Waals surface area contributed by atoms with Crippen molar-refractivity contribution in [1.82, 2.24) is 0 Å². The van der Waals surface area contributed by atoms with Gasteiger partial charge in [0.25, 0.3) is 0 Å². The van der Waals surface area contributed by atoms with Gasteiger partial charge in [-0.2, -0.15) is 0 Å². The minimum Gasteiger partial charge on any atom is -0.475 e. The van der Waals surface area contributed by atoms with Gasteiger partial charge in [-0.3, -0.25) is 4.79 Å². The third-order valence-corrected chi connectivity index (χ3v) is 3.60. The summed E-state index contributed by atoms with van der Waals surface area (Å²) in [5, 5.41) is 11.8. The minimum absolute atomic E-state index is 0.0109. The van der Waals surface area contributed by atoms with Crippen molar-refractivity contribution < 1.29 is 19.1 Å². The maximum absolute atomic E-state index is 11.8. The van der Waals surface area contributed by atoms with E-state index >= 15 is 0 Å². The van der Waals surface area contributed by atoms with Crippen LogP contribution in [-0.2, 0) is 4.79 Å². The second kappa shape index (κ2) is 7.63. The highest BCUT2D eigenvalue weighted by Gasteiger charge is 2.12. The lowest BCUT2D eigenvalue weighted by Gasteiger charge is -2.08. The first-order valence-corrected chi connectivity index (χ1v) is 7.75. The first-order valence-electron chi connectivity index (χ1n) is 7.75. The van der Waals surface area contributed by atoms with E-state index in [1.54, 1.807) is 12.1 Å². The van der Waals surface area contributed by atoms with Crippen molar-refractivity contribution in [3.8, 4) is 11.3 Å². The summed E-state index contributed by atoms with van der Waals surface area (Å²) in [7, 11) is 0. The van der Waals surface area contributed by atoms with Crippen LogP contribution >= 0.6 is 0 Å². The van der Waals surface area contributed by atoms with Crippen LogP contribution in [0.25, 0.3) is 11.3 Å². The Morgan fingerprint density at radius 2 is 1.96 bits per heavy atom. The molecule has 2 rings (SSSR count). The Balaban J connectivity index is 2.08. The van der Waals surface area contributed by atoms with E-state index in [-0.39, 0.29) is 11.7 Å². The fourth-order valence-corrected chi connectivity index (χ4v) is 2.37. The van der Waals surface area contributed by atoms with Gasteiger partial charge >= 0.3 is 5.97 Å². The number of carboxylic acid groups (broad SMARTS) is 1. The molecule has 1 heterocycles. The number of anilines is 1. The first-order chi connectivity index (χ1) is 11.0. The van der Waals surface area contributed by atoms with Gasteiger partial charge in [0.05, 0.1) is 0 Å². The van der Waals surface area contributed by atoms with Gasteiger partial charge in [0, 0.05) is 17.7 Å². The highest BCUT2D eigenvalue weighted by Crippen LogP contribution is 2.27. The Kier molecular flexibility index (Phi) is 5.57. The van der Waals surface area contributed by atoms with Gasteiger partial charge in [-0.1, -0.05) is 19.8 Å². The molecule has 0 saturated heterocycles. The molecule has 0 spiro atoms. The number of carbonyl (C=O) groups is 2. The zero-order valence-electron chi connectivity index (χ0n) is 13.4. The van der Waals surface area contributed by atoms with E-state index < -0.39 is 5.97 Å². The van der Waals surface area contributed by atoms with Crippen molar-refractivity contribution in [2.75, 3.05) is 5.32 Å². The first kappa shape index (κ1) is 16.8. The molecule has 0 radical (unpaired) electrons. The number of carbonyl (C=O) groups excluding carboxylic acids is 1. The third kappa shape index (κ3) is 4.45. The summed E-state index contributed by atoms with van der Waals surface area (Å²) < 4.78 is 5.31. The molecule has 2 aromatic rings. The molecule has 2 N–H and O–H groups in total. The number of hydrogen-bond acceptors (Lipinski definition) is 3. The van der Waals surface area contributed by atoms with Gasteiger partial charge in [0.1, 0.15) is 5.76 Å². The van der Waals surface area contributed by atoms with Crippen LogP contribution in [0.15, 0.2) is 34.7 Å². The van der Waals surface area contributed by atoms with E-state index in [0.29, 0.717) is 12.2 Å². The molecule has 0 aliphatic heterocycles. The zero-order valence-corrected chi connectivity index (χ0v) is 13.4. The van der Waals surface area contributed by atoms with Crippen LogP contribution in [0.1, 0.15) is 48.7 Å². The van der Waals surface area contributed by atoms with Crippen LogP contribution in [0, 0.1) is 6.92 Å². The molecule has 0 fully saturated rings. The number of nitrogens with one attached hydrogen (secondary N) is 1. The number of aryl methyl sites for hydroxylation is 1. The quantitative estimate of drug-likeness (QED) is 0.739. The second-order valence-corrected chi connectivity index (χ2v) is 5.50. The van der Waals surface area contributed by atoms with Crippen molar-refractivity contribution in [2.45, 2.75) is 39.5 Å². The lowest BCUT2D eigenvalue weighted by molar-refractivity contribution is -0.116. The van der Waals surface area contributed by atoms with Crippen molar-refractivity contribution in [1.29, 1.82) is 0 Å². The van der Waals surface area contributed by atoms with Crippen molar-refractivity contribution in [3.05, 3.63) is 41.7 Å². The molecule has 0 bridgehead atoms. The van der Waals surface area contributed by atoms with Gasteiger partial charge in [0.15, 0.2) is 0 Å². The van der Waals surface area contributed by atoms with Crippen LogP contribution < -0.4 is 5.32 Å². The molecule has 122 valence electrons. The summed E-state index contributed by atoms with van der Waals surface area (Å²) in [5.74, 6) is -0.671. The Morgan fingerprint density at radius 3 is 2.57 bits per heavy atom. The Morgan fingerprint density at radius 1 is 1.17 bits per heavy atom. The van der Waals surface area contributed by atoms with E-state index in [1.165, 1.54) is 6.07 Å². The average molecular weight is 315 g/mol. The normalized spacial score (nSPS) is 10.5. The molecule has 0 atom stereocenters. The molecule has 0 aliphatic rings. The smallest absolute Gasteiger partial charge is 0.371 e. The summed E-state index contributed by atoms with van der Waals surface area (Å²) in [6, 6.07) is 8.54. The van der Waals surface area contributed by atoms with E-state index in [4.69, 9.17) is 9.52 Å². The Labute approximate surface area is 135 Å². The molecule has 23 heavy (non-hydrogen) atoms. The molecule has 1 amide bonds. The highest BCUT2D eigenvalue weighted by atomic mass is 16.4. The van der Waals surface area contributed by atoms with E-state index in [9.17, 15) is 9.59 Å². The predicted octanol–water partition coefficient (Wildman–Crippen LogP) is 4.47. The van der Waals surface area contributed by atoms with Gasteiger partial charge < -0.3 is 14.8 Å². The van der Waals surface area contributed by atoms with Crippen LogP contribution in [0.5, 0.6) is 0 Å². The number of aromatic carboxylic acids is 1. The predicted molar refractivity (Wildman–Crippen MR) is 88.6 cm³/mol. The van der Waals surface area contributed by atoms with Crippen molar-refractivity contribution in [2.24, 2.45) is 0 Å². The third-order valence-electron chi connectivity index (χ3n) is 3.60. The van der Waals surface area contributed by atoms with Gasteiger partial charge in [-0.25, -0.2) is 4.79 Å². The number of hydrogen-bond donors (Lipinski definition) is 2. The summed E-state index contributed by atoms with van der Waals surface area (Å²) >= 11 is 0. The summed E-state index contributed by atoms with van der Waals surface area (Å²) in [5.41, 5.74) is 2.45. The average Bonchev–Trinajstić information content (AvgIpc) is 2.97. The number of rotatable bonds is 7. The molecule has 0 unspecified atom stereocenters. The topological polar surface area (TPSA) is 79.5 Å². The maximum Gasteiger partial charge on any atom is 0.371 e. The van der Waals surface area contributed by atoms with Crippen LogP contribution in [0.3, 0.4) is 0 Å². The van der Waals surface area contributed by atoms with Crippen LogP contribution in [0.4, 0.5) is 5.69 Å². The summed E-state index contributed by atoms with van der Waals surface area (Å²) in [6.07, 6.45) is 3.55. The number of carboxylic acids is 1. The summed E-state index contributed by atoms with van der Waals surface area (Å²) in [6.45, 7) is 4.00. The zero-order chi connectivity index (χ0) is 16.8. The maximum atomic E-state index is 11.8. The molecule has 0 saturated carbocycles. The fraction of sp³-hybridized carbons (Fsp3) is 0.333. The lowest BCUT2D eigenvalue weighted by atomic mass is 10.1. The SMILES string of the molecule is CCCCCC(=O)Nc1ccc(-c2ccc(C(=O)O)o2)c(C)c1. The molecule has 0 aliphatic carbocycles. The fourth-order valence-electron chi connectivity index (χ4n) is 2.37. The monoisotopic (exact) mass is 315 g/mol. The van der Waals surface area contributed by atoms with Gasteiger partial charge in [0.2, 0.25) is 11.7 Å². The van der Waals surface area contributed by atoms with Crippen molar-refractivity contribution >= 4 is 17.6 Å². The van der Waals surface area contributed by atoms with Crippen LogP contribution in [0.2, 0.25) is 0 Å². The number of furan rings is 1. The van der Waals surface area contributed by atoms with Crippen molar-refractivity contribution in [3.63, 3.8) is 0 Å². The second-order valence-electron chi connectivity index (χ2n) is 5.50. The van der Waals surface area contributed by atoms with Gasteiger partial charge in [-0.15, -0.1) is 0 Å². The molecule has 5 heteroatoms. The number of benzene rings is 1. The summed E-state index contributed by atoms with van der Waals surface area (Å²) in [4.78, 5) is 22.7. The molecule has 5 nitrogen and oxygen atoms in total. The standard InChI is InChI=1S/C18H21NO4/c1-3-4-5-6-17(20)19-13-7-8-14(12(2)11-13)15-9-10-16(23-15)18(21)22/h7-11H,3-6H2,1-2H3,(H,19,20)(H,21,22).